The van der Waals surface area contributed by atoms with Gasteiger partial charge in [0.25, 0.3) is 0 Å². The Kier molecular flexibility index (Phi) is 5.98. The SMILES string of the molecule is COCCCn1nc(C)c2ccc(CC(CO)C(C)C)cc21. The van der Waals surface area contributed by atoms with Gasteiger partial charge in [0.05, 0.1) is 11.2 Å². The molecule has 0 aliphatic heterocycles. The van der Waals surface area contributed by atoms with E-state index in [1.54, 1.807) is 7.11 Å². The number of ether oxygens (including phenoxy) is 1. The molecule has 0 amide bonds. The predicted molar refractivity (Wildman–Crippen MR) is 90.1 cm³/mol. The van der Waals surface area contributed by atoms with Gasteiger partial charge in [-0.1, -0.05) is 26.0 Å². The first-order chi connectivity index (χ1) is 10.6. The minimum absolute atomic E-state index is 0.238. The van der Waals surface area contributed by atoms with Gasteiger partial charge < -0.3 is 9.84 Å². The largest absolute Gasteiger partial charge is 0.396 e. The average molecular weight is 304 g/mol. The Morgan fingerprint density at radius 2 is 2.09 bits per heavy atom. The van der Waals surface area contributed by atoms with Crippen LogP contribution in [0.5, 0.6) is 0 Å². The first-order valence-electron chi connectivity index (χ1n) is 8.12. The minimum atomic E-state index is 0.238. The molecule has 0 bridgehead atoms. The van der Waals surface area contributed by atoms with E-state index in [4.69, 9.17) is 4.74 Å². The standard InChI is InChI=1S/C18H28N2O2/c1-13(2)16(12-21)10-15-6-7-17-14(3)19-20(18(17)11-15)8-5-9-22-4/h6-7,11,13,16,21H,5,8-10,12H2,1-4H3. The van der Waals surface area contributed by atoms with Gasteiger partial charge in [-0.15, -0.1) is 0 Å². The summed E-state index contributed by atoms with van der Waals surface area (Å²) >= 11 is 0. The van der Waals surface area contributed by atoms with Crippen molar-refractivity contribution in [2.75, 3.05) is 20.3 Å². The van der Waals surface area contributed by atoms with Crippen molar-refractivity contribution in [1.29, 1.82) is 0 Å². The third-order valence-corrected chi connectivity index (χ3v) is 4.39. The van der Waals surface area contributed by atoms with Crippen molar-refractivity contribution in [1.82, 2.24) is 9.78 Å². The third kappa shape index (κ3) is 3.87. The van der Waals surface area contributed by atoms with Crippen LogP contribution in [0.1, 0.15) is 31.5 Å². The van der Waals surface area contributed by atoms with E-state index >= 15 is 0 Å². The molecule has 1 atom stereocenters. The van der Waals surface area contributed by atoms with Crippen molar-refractivity contribution in [3.63, 3.8) is 0 Å². The number of aliphatic hydroxyl groups is 1. The summed E-state index contributed by atoms with van der Waals surface area (Å²) in [4.78, 5) is 0. The number of aromatic nitrogens is 2. The van der Waals surface area contributed by atoms with E-state index in [9.17, 15) is 5.11 Å². The van der Waals surface area contributed by atoms with Gasteiger partial charge in [-0.2, -0.15) is 5.10 Å². The van der Waals surface area contributed by atoms with Crippen molar-refractivity contribution in [3.8, 4) is 0 Å². The van der Waals surface area contributed by atoms with Crippen molar-refractivity contribution < 1.29 is 9.84 Å². The fourth-order valence-electron chi connectivity index (χ4n) is 2.86. The Hall–Kier alpha value is -1.39. The molecule has 1 aromatic carbocycles. The second-order valence-electron chi connectivity index (χ2n) is 6.40. The molecule has 2 aromatic rings. The zero-order valence-corrected chi connectivity index (χ0v) is 14.2. The molecule has 0 saturated heterocycles. The summed E-state index contributed by atoms with van der Waals surface area (Å²) in [6.45, 7) is 8.24. The highest BCUT2D eigenvalue weighted by molar-refractivity contribution is 5.82. The number of aryl methyl sites for hydroxylation is 2. The van der Waals surface area contributed by atoms with E-state index in [0.29, 0.717) is 11.8 Å². The van der Waals surface area contributed by atoms with Gasteiger partial charge >= 0.3 is 0 Å². The lowest BCUT2D eigenvalue weighted by Gasteiger charge is -2.18. The molecular weight excluding hydrogens is 276 g/mol. The summed E-state index contributed by atoms with van der Waals surface area (Å²) in [5, 5.41) is 15.4. The number of nitrogens with zero attached hydrogens (tertiary/aromatic N) is 2. The first kappa shape index (κ1) is 17.0. The molecule has 2 rings (SSSR count). The van der Waals surface area contributed by atoms with Crippen LogP contribution < -0.4 is 0 Å². The summed E-state index contributed by atoms with van der Waals surface area (Å²) < 4.78 is 7.21. The Bertz CT molecular complexity index is 604. The van der Waals surface area contributed by atoms with Crippen LogP contribution in [0.4, 0.5) is 0 Å². The topological polar surface area (TPSA) is 47.3 Å². The number of fused-ring (bicyclic) bond motifs is 1. The molecule has 0 spiro atoms. The van der Waals surface area contributed by atoms with Crippen LogP contribution in [0, 0.1) is 18.8 Å². The molecule has 4 nitrogen and oxygen atoms in total. The van der Waals surface area contributed by atoms with E-state index in [0.717, 1.165) is 31.7 Å². The zero-order valence-electron chi connectivity index (χ0n) is 14.2. The minimum Gasteiger partial charge on any atom is -0.396 e. The lowest BCUT2D eigenvalue weighted by molar-refractivity contribution is 0.189. The number of rotatable bonds is 8. The maximum atomic E-state index is 9.54. The first-order valence-corrected chi connectivity index (χ1v) is 8.12. The molecule has 0 aliphatic carbocycles. The highest BCUT2D eigenvalue weighted by Crippen LogP contribution is 2.23. The summed E-state index contributed by atoms with van der Waals surface area (Å²) in [5.74, 6) is 0.789. The molecule has 1 N–H and O–H groups in total. The molecule has 0 radical (unpaired) electrons. The molecule has 22 heavy (non-hydrogen) atoms. The second-order valence-corrected chi connectivity index (χ2v) is 6.40. The summed E-state index contributed by atoms with van der Waals surface area (Å²) in [6, 6.07) is 6.56. The average Bonchev–Trinajstić information content (AvgIpc) is 2.81. The number of hydrogen-bond acceptors (Lipinski definition) is 3. The molecular formula is C18H28N2O2. The predicted octanol–water partition coefficient (Wildman–Crippen LogP) is 3.19. The molecule has 0 fully saturated rings. The monoisotopic (exact) mass is 304 g/mol. The van der Waals surface area contributed by atoms with E-state index in [2.05, 4.69) is 48.8 Å². The Labute approximate surface area is 133 Å². The van der Waals surface area contributed by atoms with Crippen molar-refractivity contribution in [2.45, 2.75) is 40.2 Å². The number of methoxy groups -OCH3 is 1. The van der Waals surface area contributed by atoms with E-state index in [1.165, 1.54) is 16.5 Å². The van der Waals surface area contributed by atoms with Crippen LogP contribution in [-0.2, 0) is 17.7 Å². The van der Waals surface area contributed by atoms with Crippen LogP contribution in [0.15, 0.2) is 18.2 Å². The smallest absolute Gasteiger partial charge is 0.0687 e. The zero-order chi connectivity index (χ0) is 16.1. The number of benzene rings is 1. The highest BCUT2D eigenvalue weighted by atomic mass is 16.5. The van der Waals surface area contributed by atoms with Gasteiger partial charge in [0, 0.05) is 32.3 Å². The van der Waals surface area contributed by atoms with Gasteiger partial charge in [0.1, 0.15) is 0 Å². The maximum Gasteiger partial charge on any atom is 0.0687 e. The lowest BCUT2D eigenvalue weighted by atomic mass is 9.90. The van der Waals surface area contributed by atoms with Gasteiger partial charge in [-0.05, 0) is 43.2 Å². The second kappa shape index (κ2) is 7.75. The normalized spacial score (nSPS) is 13.2. The summed E-state index contributed by atoms with van der Waals surface area (Å²) in [7, 11) is 1.73. The fraction of sp³-hybridized carbons (Fsp3) is 0.611. The third-order valence-electron chi connectivity index (χ3n) is 4.39. The van der Waals surface area contributed by atoms with Crippen molar-refractivity contribution in [3.05, 3.63) is 29.5 Å². The van der Waals surface area contributed by atoms with Gasteiger partial charge in [0.15, 0.2) is 0 Å². The molecule has 0 saturated carbocycles. The Morgan fingerprint density at radius 1 is 1.32 bits per heavy atom. The quantitative estimate of drug-likeness (QED) is 0.762. The summed E-state index contributed by atoms with van der Waals surface area (Å²) in [6.07, 6.45) is 1.87. The molecule has 4 heteroatoms. The van der Waals surface area contributed by atoms with Gasteiger partial charge in [0.2, 0.25) is 0 Å². The van der Waals surface area contributed by atoms with Crippen LogP contribution in [0.2, 0.25) is 0 Å². The number of hydrogen-bond donors (Lipinski definition) is 1. The molecule has 1 heterocycles. The fourth-order valence-corrected chi connectivity index (χ4v) is 2.86. The molecule has 0 aliphatic rings. The van der Waals surface area contributed by atoms with Crippen molar-refractivity contribution in [2.24, 2.45) is 11.8 Å². The van der Waals surface area contributed by atoms with Gasteiger partial charge in [-0.25, -0.2) is 0 Å². The van der Waals surface area contributed by atoms with Crippen LogP contribution in [0.3, 0.4) is 0 Å². The highest BCUT2D eigenvalue weighted by Gasteiger charge is 2.14. The van der Waals surface area contributed by atoms with E-state index in [-0.39, 0.29) is 6.61 Å². The Balaban J connectivity index is 2.25. The van der Waals surface area contributed by atoms with Crippen molar-refractivity contribution >= 4 is 10.9 Å². The summed E-state index contributed by atoms with van der Waals surface area (Å²) in [5.41, 5.74) is 3.53. The molecule has 122 valence electrons. The van der Waals surface area contributed by atoms with Gasteiger partial charge in [-0.3, -0.25) is 4.68 Å². The Morgan fingerprint density at radius 3 is 2.73 bits per heavy atom. The van der Waals surface area contributed by atoms with Crippen LogP contribution in [0.25, 0.3) is 10.9 Å². The molecule has 1 aromatic heterocycles. The van der Waals surface area contributed by atoms with Crippen LogP contribution in [-0.4, -0.2) is 35.2 Å². The van der Waals surface area contributed by atoms with Crippen LogP contribution >= 0.6 is 0 Å². The van der Waals surface area contributed by atoms with E-state index < -0.39 is 0 Å². The maximum absolute atomic E-state index is 9.54. The molecule has 1 unspecified atom stereocenters. The lowest BCUT2D eigenvalue weighted by Crippen LogP contribution is -2.16. The van der Waals surface area contributed by atoms with E-state index in [1.807, 2.05) is 0 Å². The number of aliphatic hydroxyl groups excluding tert-OH is 1.